The fourth-order valence-electron chi connectivity index (χ4n) is 2.74. The smallest absolute Gasteiger partial charge is 0.320 e. The van der Waals surface area contributed by atoms with Crippen LogP contribution in [0.5, 0.6) is 0 Å². The molecule has 0 saturated carbocycles. The van der Waals surface area contributed by atoms with Crippen molar-refractivity contribution in [2.24, 2.45) is 5.73 Å². The average molecular weight is 255 g/mol. The van der Waals surface area contributed by atoms with E-state index >= 15 is 0 Å². The van der Waals surface area contributed by atoms with Gasteiger partial charge in [-0.25, -0.2) is 4.79 Å². The fraction of sp³-hybridized carbons (Fsp3) is 0.833. The van der Waals surface area contributed by atoms with E-state index in [0.717, 1.165) is 45.3 Å². The summed E-state index contributed by atoms with van der Waals surface area (Å²) < 4.78 is 0. The van der Waals surface area contributed by atoms with Gasteiger partial charge in [-0.3, -0.25) is 0 Å². The molecule has 2 saturated heterocycles. The number of nitrogens with two attached hydrogens (primary N) is 1. The molecule has 2 rings (SSSR count). The topological polar surface area (TPSA) is 49.6 Å². The average Bonchev–Trinajstić information content (AvgIpc) is 2.64. The lowest BCUT2D eigenvalue weighted by Crippen LogP contribution is -2.49. The summed E-state index contributed by atoms with van der Waals surface area (Å²) in [5, 5.41) is 0. The Morgan fingerprint density at radius 2 is 1.71 bits per heavy atom. The molecule has 0 aliphatic carbocycles. The highest BCUT2D eigenvalue weighted by molar-refractivity contribution is 7.80. The zero-order valence-electron chi connectivity index (χ0n) is 10.2. The molecule has 17 heavy (non-hydrogen) atoms. The Labute approximate surface area is 108 Å². The highest BCUT2D eigenvalue weighted by atomic mass is 32.1. The number of urea groups is 1. The maximum atomic E-state index is 12.4. The fourth-order valence-corrected chi connectivity index (χ4v) is 2.98. The molecule has 2 amide bonds. The van der Waals surface area contributed by atoms with Crippen molar-refractivity contribution in [1.29, 1.82) is 0 Å². The van der Waals surface area contributed by atoms with Crippen LogP contribution >= 0.6 is 12.2 Å². The van der Waals surface area contributed by atoms with Crippen LogP contribution in [0, 0.1) is 0 Å². The zero-order valence-corrected chi connectivity index (χ0v) is 11.0. The molecular formula is C12H21N3OS. The number of likely N-dealkylation sites (tertiary alicyclic amines) is 2. The second kappa shape index (κ2) is 5.67. The van der Waals surface area contributed by atoms with E-state index in [2.05, 4.69) is 0 Å². The van der Waals surface area contributed by atoms with Gasteiger partial charge in [0.15, 0.2) is 0 Å². The maximum absolute atomic E-state index is 12.4. The number of nitrogens with zero attached hydrogens (tertiary/aromatic N) is 2. The van der Waals surface area contributed by atoms with Crippen molar-refractivity contribution in [3.8, 4) is 0 Å². The van der Waals surface area contributed by atoms with Crippen LogP contribution in [0.15, 0.2) is 0 Å². The Hall–Kier alpha value is -0.840. The second-order valence-electron chi connectivity index (χ2n) is 4.94. The minimum Gasteiger partial charge on any atom is -0.392 e. The first-order valence-corrected chi connectivity index (χ1v) is 6.96. The quantitative estimate of drug-likeness (QED) is 0.726. The van der Waals surface area contributed by atoms with E-state index in [4.69, 9.17) is 18.0 Å². The first-order valence-electron chi connectivity index (χ1n) is 6.55. The third kappa shape index (κ3) is 2.89. The van der Waals surface area contributed by atoms with Gasteiger partial charge in [-0.05, 0) is 25.7 Å². The summed E-state index contributed by atoms with van der Waals surface area (Å²) in [4.78, 5) is 16.7. The van der Waals surface area contributed by atoms with E-state index in [1.54, 1.807) is 0 Å². The minimum absolute atomic E-state index is 0.0132. The lowest BCUT2D eigenvalue weighted by molar-refractivity contribution is 0.158. The maximum Gasteiger partial charge on any atom is 0.320 e. The number of hydrogen-bond acceptors (Lipinski definition) is 2. The number of hydrogen-bond donors (Lipinski definition) is 1. The van der Waals surface area contributed by atoms with Crippen LogP contribution in [0.3, 0.4) is 0 Å². The molecule has 0 spiro atoms. The van der Waals surface area contributed by atoms with Gasteiger partial charge in [-0.2, -0.15) is 0 Å². The van der Waals surface area contributed by atoms with Crippen LogP contribution in [-0.4, -0.2) is 46.5 Å². The van der Waals surface area contributed by atoms with Gasteiger partial charge >= 0.3 is 6.03 Å². The van der Waals surface area contributed by atoms with Crippen LogP contribution in [-0.2, 0) is 0 Å². The Bertz CT molecular complexity index is 300. The molecule has 2 aliphatic rings. The van der Waals surface area contributed by atoms with Gasteiger partial charge in [0.05, 0.1) is 11.0 Å². The van der Waals surface area contributed by atoms with Crippen LogP contribution in [0.25, 0.3) is 0 Å². The van der Waals surface area contributed by atoms with Gasteiger partial charge < -0.3 is 15.5 Å². The number of thiocarbonyl (C=S) groups is 1. The second-order valence-corrected chi connectivity index (χ2v) is 5.41. The molecule has 0 aromatic carbocycles. The van der Waals surface area contributed by atoms with Gasteiger partial charge in [0, 0.05) is 19.6 Å². The summed E-state index contributed by atoms with van der Waals surface area (Å²) in [5.74, 6) is 0. The molecule has 5 heteroatoms. The largest absolute Gasteiger partial charge is 0.392 e. The van der Waals surface area contributed by atoms with Crippen LogP contribution in [0.1, 0.15) is 38.5 Å². The van der Waals surface area contributed by atoms with E-state index in [0.29, 0.717) is 4.99 Å². The summed E-state index contributed by atoms with van der Waals surface area (Å²) in [6.07, 6.45) is 6.66. The molecule has 0 radical (unpaired) electrons. The van der Waals surface area contributed by atoms with Crippen molar-refractivity contribution in [3.63, 3.8) is 0 Å². The molecule has 96 valence electrons. The zero-order chi connectivity index (χ0) is 12.3. The number of rotatable bonds is 1. The lowest BCUT2D eigenvalue weighted by Gasteiger charge is -2.30. The van der Waals surface area contributed by atoms with E-state index in [1.165, 1.54) is 12.8 Å². The molecule has 2 heterocycles. The van der Waals surface area contributed by atoms with Crippen molar-refractivity contribution >= 4 is 23.2 Å². The molecule has 4 nitrogen and oxygen atoms in total. The predicted molar refractivity (Wildman–Crippen MR) is 72.0 cm³/mol. The number of amides is 2. The molecule has 1 atom stereocenters. The highest BCUT2D eigenvalue weighted by Crippen LogP contribution is 2.21. The minimum atomic E-state index is -0.0132. The van der Waals surface area contributed by atoms with Gasteiger partial charge in [0.2, 0.25) is 0 Å². The third-order valence-electron chi connectivity index (χ3n) is 3.70. The first kappa shape index (κ1) is 12.6. The third-order valence-corrected chi connectivity index (χ3v) is 3.98. The molecule has 2 fully saturated rings. The normalized spacial score (nSPS) is 25.8. The number of carbonyl (C=O) groups is 1. The van der Waals surface area contributed by atoms with Crippen molar-refractivity contribution < 1.29 is 4.79 Å². The van der Waals surface area contributed by atoms with Gasteiger partial charge in [0.1, 0.15) is 0 Å². The molecule has 2 aliphatic heterocycles. The molecule has 0 bridgehead atoms. The van der Waals surface area contributed by atoms with E-state index in [-0.39, 0.29) is 12.1 Å². The summed E-state index contributed by atoms with van der Waals surface area (Å²) in [7, 11) is 0. The van der Waals surface area contributed by atoms with E-state index in [9.17, 15) is 4.79 Å². The van der Waals surface area contributed by atoms with Gasteiger partial charge in [-0.15, -0.1) is 0 Å². The standard InChI is InChI=1S/C12H21N3OS/c13-11(17)10-6-5-9-15(10)12(16)14-7-3-1-2-4-8-14/h10H,1-9H2,(H2,13,17). The summed E-state index contributed by atoms with van der Waals surface area (Å²) in [6.45, 7) is 2.58. The summed E-state index contributed by atoms with van der Waals surface area (Å²) >= 11 is 5.05. The highest BCUT2D eigenvalue weighted by Gasteiger charge is 2.33. The van der Waals surface area contributed by atoms with Crippen LogP contribution in [0.2, 0.25) is 0 Å². The van der Waals surface area contributed by atoms with Gasteiger partial charge in [0.25, 0.3) is 0 Å². The molecule has 1 unspecified atom stereocenters. The van der Waals surface area contributed by atoms with Crippen LogP contribution in [0.4, 0.5) is 4.79 Å². The van der Waals surface area contributed by atoms with Crippen molar-refractivity contribution in [2.45, 2.75) is 44.6 Å². The molecule has 0 aromatic rings. The lowest BCUT2D eigenvalue weighted by atomic mass is 10.2. The Balaban J connectivity index is 2.00. The molecular weight excluding hydrogens is 234 g/mol. The first-order chi connectivity index (χ1) is 8.20. The van der Waals surface area contributed by atoms with Crippen molar-refractivity contribution in [2.75, 3.05) is 19.6 Å². The van der Waals surface area contributed by atoms with Crippen LogP contribution < -0.4 is 5.73 Å². The molecule has 2 N–H and O–H groups in total. The summed E-state index contributed by atoms with van der Waals surface area (Å²) in [5.41, 5.74) is 5.71. The Morgan fingerprint density at radius 1 is 1.06 bits per heavy atom. The van der Waals surface area contributed by atoms with Crippen molar-refractivity contribution in [3.05, 3.63) is 0 Å². The van der Waals surface area contributed by atoms with E-state index in [1.807, 2.05) is 9.80 Å². The molecule has 0 aromatic heterocycles. The summed E-state index contributed by atoms with van der Waals surface area (Å²) in [6, 6.07) is 0.128. The van der Waals surface area contributed by atoms with Crippen molar-refractivity contribution in [1.82, 2.24) is 9.80 Å². The SMILES string of the molecule is NC(=S)C1CCCN1C(=O)N1CCCCCC1. The Morgan fingerprint density at radius 3 is 2.29 bits per heavy atom. The number of carbonyl (C=O) groups excluding carboxylic acids is 1. The monoisotopic (exact) mass is 255 g/mol. The predicted octanol–water partition coefficient (Wildman–Crippen LogP) is 1.73. The Kier molecular flexibility index (Phi) is 4.20. The van der Waals surface area contributed by atoms with Gasteiger partial charge in [-0.1, -0.05) is 25.1 Å². The van der Waals surface area contributed by atoms with E-state index < -0.39 is 0 Å².